The number of hydrogen-bond donors (Lipinski definition) is 2. The second-order valence-corrected chi connectivity index (χ2v) is 7.07. The van der Waals surface area contributed by atoms with E-state index in [1.807, 2.05) is 20.9 Å². The smallest absolute Gasteiger partial charge is 0.240 e. The Morgan fingerprint density at radius 1 is 1.22 bits per heavy atom. The Bertz CT molecular complexity index is 823. The third-order valence-electron chi connectivity index (χ3n) is 3.58. The van der Waals surface area contributed by atoms with Crippen LogP contribution in [0.15, 0.2) is 29.2 Å². The summed E-state index contributed by atoms with van der Waals surface area (Å²) in [7, 11) is -1.81. The van der Waals surface area contributed by atoms with Crippen molar-refractivity contribution in [1.82, 2.24) is 14.5 Å². The highest BCUT2D eigenvalue weighted by molar-refractivity contribution is 7.89. The van der Waals surface area contributed by atoms with Gasteiger partial charge in [-0.1, -0.05) is 0 Å². The van der Waals surface area contributed by atoms with E-state index in [4.69, 9.17) is 0 Å². The number of nitrogens with one attached hydrogen (secondary N) is 2. The number of carbonyl (C=O) groups is 1. The third kappa shape index (κ3) is 3.96. The fourth-order valence-electron chi connectivity index (χ4n) is 2.24. The van der Waals surface area contributed by atoms with E-state index in [1.165, 1.54) is 19.1 Å². The summed E-state index contributed by atoms with van der Waals surface area (Å²) in [5, 5.41) is 6.86. The van der Waals surface area contributed by atoms with Crippen LogP contribution in [0.4, 0.5) is 5.69 Å². The average molecular weight is 336 g/mol. The molecule has 0 bridgehead atoms. The van der Waals surface area contributed by atoms with Crippen molar-refractivity contribution < 1.29 is 13.2 Å². The number of aromatic nitrogens is 2. The molecule has 1 heterocycles. The van der Waals surface area contributed by atoms with Gasteiger partial charge >= 0.3 is 0 Å². The summed E-state index contributed by atoms with van der Waals surface area (Å²) in [6.07, 6.45) is 0. The fraction of sp³-hybridized carbons (Fsp3) is 0.333. The van der Waals surface area contributed by atoms with Gasteiger partial charge in [-0.25, -0.2) is 13.1 Å². The van der Waals surface area contributed by atoms with Gasteiger partial charge in [0.25, 0.3) is 0 Å². The van der Waals surface area contributed by atoms with Gasteiger partial charge in [0.2, 0.25) is 15.9 Å². The molecule has 0 saturated heterocycles. The van der Waals surface area contributed by atoms with E-state index < -0.39 is 10.0 Å². The predicted molar refractivity (Wildman–Crippen MR) is 87.5 cm³/mol. The van der Waals surface area contributed by atoms with Crippen molar-refractivity contribution >= 4 is 21.6 Å². The van der Waals surface area contributed by atoms with E-state index in [0.717, 1.165) is 17.0 Å². The molecule has 2 N–H and O–H groups in total. The van der Waals surface area contributed by atoms with Crippen molar-refractivity contribution in [1.29, 1.82) is 0 Å². The molecule has 23 heavy (non-hydrogen) atoms. The highest BCUT2D eigenvalue weighted by atomic mass is 32.2. The van der Waals surface area contributed by atoms with E-state index in [-0.39, 0.29) is 17.3 Å². The minimum absolute atomic E-state index is 0.144. The highest BCUT2D eigenvalue weighted by Crippen LogP contribution is 2.16. The average Bonchev–Trinajstić information content (AvgIpc) is 2.70. The van der Waals surface area contributed by atoms with Crippen molar-refractivity contribution in [2.24, 2.45) is 7.05 Å². The summed E-state index contributed by atoms with van der Waals surface area (Å²) in [5.74, 6) is -0.207. The van der Waals surface area contributed by atoms with Crippen LogP contribution in [0.1, 0.15) is 23.9 Å². The van der Waals surface area contributed by atoms with E-state index >= 15 is 0 Å². The predicted octanol–water partition coefficient (Wildman–Crippen LogP) is 1.47. The summed E-state index contributed by atoms with van der Waals surface area (Å²) < 4.78 is 29.0. The van der Waals surface area contributed by atoms with Crippen LogP contribution in [-0.2, 0) is 28.4 Å². The zero-order valence-electron chi connectivity index (χ0n) is 13.5. The minimum atomic E-state index is -3.63. The molecule has 8 heteroatoms. The summed E-state index contributed by atoms with van der Waals surface area (Å²) in [6, 6.07) is 6.01. The van der Waals surface area contributed by atoms with Gasteiger partial charge in [0.1, 0.15) is 0 Å². The zero-order valence-corrected chi connectivity index (χ0v) is 14.4. The number of aryl methyl sites for hydroxylation is 2. The van der Waals surface area contributed by atoms with Gasteiger partial charge in [0, 0.05) is 37.5 Å². The molecule has 0 spiro atoms. The van der Waals surface area contributed by atoms with E-state index in [9.17, 15) is 13.2 Å². The number of benzene rings is 1. The largest absolute Gasteiger partial charge is 0.326 e. The monoisotopic (exact) mass is 336 g/mol. The summed E-state index contributed by atoms with van der Waals surface area (Å²) >= 11 is 0. The van der Waals surface area contributed by atoms with Crippen LogP contribution in [0.2, 0.25) is 0 Å². The van der Waals surface area contributed by atoms with Crippen molar-refractivity contribution in [3.63, 3.8) is 0 Å². The van der Waals surface area contributed by atoms with Gasteiger partial charge in [0.05, 0.1) is 10.6 Å². The Hall–Kier alpha value is -2.19. The molecule has 0 radical (unpaired) electrons. The molecule has 2 aromatic rings. The lowest BCUT2D eigenvalue weighted by molar-refractivity contribution is -0.114. The Morgan fingerprint density at radius 2 is 1.83 bits per heavy atom. The van der Waals surface area contributed by atoms with Gasteiger partial charge in [-0.05, 0) is 38.1 Å². The number of sulfonamides is 1. The van der Waals surface area contributed by atoms with Gasteiger partial charge < -0.3 is 5.32 Å². The number of rotatable bonds is 5. The van der Waals surface area contributed by atoms with Gasteiger partial charge in [0.15, 0.2) is 0 Å². The Kier molecular flexibility index (Phi) is 4.86. The van der Waals surface area contributed by atoms with Crippen LogP contribution < -0.4 is 10.0 Å². The van der Waals surface area contributed by atoms with Crippen molar-refractivity contribution in [3.05, 3.63) is 41.2 Å². The molecule has 0 atom stereocenters. The maximum absolute atomic E-state index is 12.3. The quantitative estimate of drug-likeness (QED) is 0.865. The fourth-order valence-corrected chi connectivity index (χ4v) is 3.24. The van der Waals surface area contributed by atoms with Gasteiger partial charge in [-0.2, -0.15) is 5.10 Å². The molecule has 2 rings (SSSR count). The number of anilines is 1. The Balaban J connectivity index is 2.14. The molecule has 1 aromatic carbocycles. The van der Waals surface area contributed by atoms with Crippen LogP contribution in [-0.4, -0.2) is 24.1 Å². The molecular weight excluding hydrogens is 316 g/mol. The zero-order chi connectivity index (χ0) is 17.2. The van der Waals surface area contributed by atoms with Gasteiger partial charge in [-0.3, -0.25) is 9.48 Å². The molecule has 0 aliphatic heterocycles. The summed E-state index contributed by atoms with van der Waals surface area (Å²) in [4.78, 5) is 11.1. The van der Waals surface area contributed by atoms with Crippen molar-refractivity contribution in [2.75, 3.05) is 5.32 Å². The molecule has 0 aliphatic carbocycles. The van der Waals surface area contributed by atoms with Crippen LogP contribution in [0.3, 0.4) is 0 Å². The first-order valence-corrected chi connectivity index (χ1v) is 8.55. The van der Waals surface area contributed by atoms with E-state index in [1.54, 1.807) is 16.8 Å². The summed E-state index contributed by atoms with van der Waals surface area (Å²) in [5.41, 5.74) is 3.14. The Labute approximate surface area is 135 Å². The maximum Gasteiger partial charge on any atom is 0.240 e. The third-order valence-corrected chi connectivity index (χ3v) is 5.00. The SMILES string of the molecule is CC(=O)Nc1ccc(S(=O)(=O)NCc2c(C)nn(C)c2C)cc1. The molecule has 0 saturated carbocycles. The van der Waals surface area contributed by atoms with Crippen molar-refractivity contribution in [2.45, 2.75) is 32.2 Å². The lowest BCUT2D eigenvalue weighted by Crippen LogP contribution is -2.23. The molecule has 7 nitrogen and oxygen atoms in total. The lowest BCUT2D eigenvalue weighted by atomic mass is 10.2. The molecule has 0 aliphatic rings. The first-order chi connectivity index (χ1) is 10.7. The molecule has 1 aromatic heterocycles. The second kappa shape index (κ2) is 6.51. The number of amides is 1. The molecular formula is C15H20N4O3S. The number of carbonyl (C=O) groups excluding carboxylic acids is 1. The standard InChI is InChI=1S/C15H20N4O3S/c1-10-15(11(2)19(4)18-10)9-16-23(21,22)14-7-5-13(6-8-14)17-12(3)20/h5-8,16H,9H2,1-4H3,(H,17,20). The number of nitrogens with zero attached hydrogens (tertiary/aromatic N) is 2. The molecule has 0 unspecified atom stereocenters. The minimum Gasteiger partial charge on any atom is -0.326 e. The van der Waals surface area contributed by atoms with Crippen LogP contribution >= 0.6 is 0 Å². The lowest BCUT2D eigenvalue weighted by Gasteiger charge is -2.08. The molecule has 124 valence electrons. The number of hydrogen-bond acceptors (Lipinski definition) is 4. The normalized spacial score (nSPS) is 11.5. The van der Waals surface area contributed by atoms with Crippen LogP contribution in [0.5, 0.6) is 0 Å². The first-order valence-electron chi connectivity index (χ1n) is 7.07. The van der Waals surface area contributed by atoms with Gasteiger partial charge in [-0.15, -0.1) is 0 Å². The highest BCUT2D eigenvalue weighted by Gasteiger charge is 2.16. The summed E-state index contributed by atoms with van der Waals surface area (Å²) in [6.45, 7) is 5.32. The maximum atomic E-state index is 12.3. The molecule has 0 fully saturated rings. The van der Waals surface area contributed by atoms with E-state index in [0.29, 0.717) is 5.69 Å². The second-order valence-electron chi connectivity index (χ2n) is 5.30. The molecule has 1 amide bonds. The van der Waals surface area contributed by atoms with Crippen LogP contribution in [0, 0.1) is 13.8 Å². The first kappa shape index (κ1) is 17.2. The van der Waals surface area contributed by atoms with Crippen molar-refractivity contribution in [3.8, 4) is 0 Å². The van der Waals surface area contributed by atoms with E-state index in [2.05, 4.69) is 15.1 Å². The van der Waals surface area contributed by atoms with Crippen LogP contribution in [0.25, 0.3) is 0 Å². The topological polar surface area (TPSA) is 93.1 Å². The Morgan fingerprint density at radius 3 is 2.30 bits per heavy atom.